The van der Waals surface area contributed by atoms with Gasteiger partial charge in [-0.2, -0.15) is 0 Å². The Morgan fingerprint density at radius 3 is 2.89 bits per heavy atom. The first kappa shape index (κ1) is 12.4. The van der Waals surface area contributed by atoms with E-state index >= 15 is 0 Å². The minimum Gasteiger partial charge on any atom is -0.310 e. The highest BCUT2D eigenvalue weighted by Gasteiger charge is 2.10. The molecule has 2 nitrogen and oxygen atoms in total. The van der Waals surface area contributed by atoms with Crippen molar-refractivity contribution in [1.29, 1.82) is 0 Å². The molecule has 0 saturated heterocycles. The van der Waals surface area contributed by atoms with Gasteiger partial charge in [0.1, 0.15) is 5.82 Å². The standard InChI is InChI=1S/C14H9ClFNOS/c15-11-2-1-3-12(16)10(11)8-17-6-4-13-9(14(17)18)5-7-19-13/h1-7H,8H2. The highest BCUT2D eigenvalue weighted by Crippen LogP contribution is 2.21. The van der Waals surface area contributed by atoms with Crippen LogP contribution in [0, 0.1) is 5.82 Å². The summed E-state index contributed by atoms with van der Waals surface area (Å²) in [5.41, 5.74) is 0.207. The second-order valence-electron chi connectivity index (χ2n) is 4.15. The van der Waals surface area contributed by atoms with Gasteiger partial charge in [0, 0.05) is 21.5 Å². The zero-order valence-electron chi connectivity index (χ0n) is 9.77. The summed E-state index contributed by atoms with van der Waals surface area (Å²) < 4.78 is 16.1. The van der Waals surface area contributed by atoms with Gasteiger partial charge in [0.25, 0.3) is 5.56 Å². The Kier molecular flexibility index (Phi) is 3.12. The Morgan fingerprint density at radius 2 is 2.11 bits per heavy atom. The number of hydrogen-bond donors (Lipinski definition) is 0. The maximum absolute atomic E-state index is 13.7. The Balaban J connectivity index is 2.11. The summed E-state index contributed by atoms with van der Waals surface area (Å²) in [4.78, 5) is 12.2. The number of halogens is 2. The molecule has 0 radical (unpaired) electrons. The molecule has 5 heteroatoms. The molecular formula is C14H9ClFNOS. The molecule has 0 amide bonds. The summed E-state index contributed by atoms with van der Waals surface area (Å²) >= 11 is 7.48. The number of aromatic nitrogens is 1. The first-order valence-electron chi connectivity index (χ1n) is 5.66. The predicted octanol–water partition coefficient (Wildman–Crippen LogP) is 3.90. The summed E-state index contributed by atoms with van der Waals surface area (Å²) in [5, 5.41) is 2.85. The minimum atomic E-state index is -0.398. The van der Waals surface area contributed by atoms with Gasteiger partial charge in [0.05, 0.1) is 11.9 Å². The lowest BCUT2D eigenvalue weighted by Crippen LogP contribution is -2.20. The fraction of sp³-hybridized carbons (Fsp3) is 0.0714. The SMILES string of the molecule is O=c1c2ccsc2ccn1Cc1c(F)cccc1Cl. The number of benzene rings is 1. The number of thiophene rings is 1. The number of fused-ring (bicyclic) bond motifs is 1. The lowest BCUT2D eigenvalue weighted by molar-refractivity contribution is 0.597. The lowest BCUT2D eigenvalue weighted by atomic mass is 10.2. The fourth-order valence-corrected chi connectivity index (χ4v) is 2.98. The van der Waals surface area contributed by atoms with Crippen molar-refractivity contribution >= 4 is 33.0 Å². The van der Waals surface area contributed by atoms with Crippen molar-refractivity contribution in [3.8, 4) is 0 Å². The average molecular weight is 294 g/mol. The zero-order chi connectivity index (χ0) is 13.4. The van der Waals surface area contributed by atoms with Crippen molar-refractivity contribution in [3.63, 3.8) is 0 Å². The molecule has 2 aromatic heterocycles. The van der Waals surface area contributed by atoms with Crippen LogP contribution in [-0.2, 0) is 6.54 Å². The van der Waals surface area contributed by atoms with Gasteiger partial charge in [-0.15, -0.1) is 11.3 Å². The summed E-state index contributed by atoms with van der Waals surface area (Å²) in [6.07, 6.45) is 1.67. The van der Waals surface area contributed by atoms with Gasteiger partial charge >= 0.3 is 0 Å². The summed E-state index contributed by atoms with van der Waals surface area (Å²) in [6, 6.07) is 8.15. The van der Waals surface area contributed by atoms with Gasteiger partial charge in [0.15, 0.2) is 0 Å². The molecule has 0 spiro atoms. The molecule has 2 heterocycles. The van der Waals surface area contributed by atoms with E-state index in [4.69, 9.17) is 11.6 Å². The third-order valence-corrected chi connectivity index (χ3v) is 4.22. The second kappa shape index (κ2) is 4.79. The zero-order valence-corrected chi connectivity index (χ0v) is 11.3. The van der Waals surface area contributed by atoms with Crippen molar-refractivity contribution < 1.29 is 4.39 Å². The molecule has 3 aromatic rings. The predicted molar refractivity (Wildman–Crippen MR) is 76.6 cm³/mol. The molecule has 0 fully saturated rings. The topological polar surface area (TPSA) is 22.0 Å². The quantitative estimate of drug-likeness (QED) is 0.702. The first-order valence-corrected chi connectivity index (χ1v) is 6.92. The van der Waals surface area contributed by atoms with E-state index in [1.54, 1.807) is 24.4 Å². The largest absolute Gasteiger partial charge is 0.310 e. The van der Waals surface area contributed by atoms with Crippen LogP contribution in [0.4, 0.5) is 4.39 Å². The fourth-order valence-electron chi connectivity index (χ4n) is 1.99. The van der Waals surface area contributed by atoms with E-state index in [0.717, 1.165) is 4.70 Å². The lowest BCUT2D eigenvalue weighted by Gasteiger charge is -2.08. The van der Waals surface area contributed by atoms with Crippen molar-refractivity contribution in [2.75, 3.05) is 0 Å². The second-order valence-corrected chi connectivity index (χ2v) is 5.50. The van der Waals surface area contributed by atoms with Gasteiger partial charge in [-0.25, -0.2) is 4.39 Å². The van der Waals surface area contributed by atoms with E-state index in [9.17, 15) is 9.18 Å². The molecule has 0 unspecified atom stereocenters. The molecule has 0 aliphatic rings. The number of hydrogen-bond acceptors (Lipinski definition) is 2. The first-order chi connectivity index (χ1) is 9.16. The Morgan fingerprint density at radius 1 is 1.26 bits per heavy atom. The monoisotopic (exact) mass is 293 g/mol. The van der Waals surface area contributed by atoms with Crippen molar-refractivity contribution in [2.45, 2.75) is 6.54 Å². The third-order valence-electron chi connectivity index (χ3n) is 2.98. The van der Waals surface area contributed by atoms with Crippen LogP contribution in [0.3, 0.4) is 0 Å². The molecule has 19 heavy (non-hydrogen) atoms. The van der Waals surface area contributed by atoms with E-state index in [-0.39, 0.29) is 12.1 Å². The molecule has 0 atom stereocenters. The van der Waals surface area contributed by atoms with Crippen molar-refractivity contribution in [3.05, 3.63) is 68.7 Å². The van der Waals surface area contributed by atoms with Crippen LogP contribution in [-0.4, -0.2) is 4.57 Å². The molecule has 0 aliphatic carbocycles. The maximum Gasteiger partial charge on any atom is 0.259 e. The van der Waals surface area contributed by atoms with Gasteiger partial charge in [-0.05, 0) is 29.6 Å². The maximum atomic E-state index is 13.7. The number of nitrogens with zero attached hydrogens (tertiary/aromatic N) is 1. The van der Waals surface area contributed by atoms with Crippen molar-refractivity contribution in [2.24, 2.45) is 0 Å². The average Bonchev–Trinajstić information content (AvgIpc) is 2.85. The highest BCUT2D eigenvalue weighted by molar-refractivity contribution is 7.17. The smallest absolute Gasteiger partial charge is 0.259 e. The molecular weight excluding hydrogens is 285 g/mol. The van der Waals surface area contributed by atoms with Crippen LogP contribution >= 0.6 is 22.9 Å². The van der Waals surface area contributed by atoms with E-state index in [2.05, 4.69) is 0 Å². The van der Waals surface area contributed by atoms with Crippen LogP contribution in [0.15, 0.2) is 46.7 Å². The summed E-state index contributed by atoms with van der Waals surface area (Å²) in [6.45, 7) is 0.135. The number of pyridine rings is 1. The molecule has 0 aliphatic heterocycles. The van der Waals surface area contributed by atoms with Gasteiger partial charge < -0.3 is 4.57 Å². The summed E-state index contributed by atoms with van der Waals surface area (Å²) in [5.74, 6) is -0.398. The van der Waals surface area contributed by atoms with E-state index in [1.165, 1.54) is 22.0 Å². The molecule has 0 saturated carbocycles. The van der Waals surface area contributed by atoms with Crippen LogP contribution < -0.4 is 5.56 Å². The van der Waals surface area contributed by atoms with E-state index in [1.807, 2.05) is 11.4 Å². The number of rotatable bonds is 2. The third kappa shape index (κ3) is 2.17. The Labute approximate surface area is 117 Å². The van der Waals surface area contributed by atoms with Gasteiger partial charge in [-0.1, -0.05) is 17.7 Å². The van der Waals surface area contributed by atoms with Crippen LogP contribution in [0.2, 0.25) is 5.02 Å². The normalized spacial score (nSPS) is 11.1. The molecule has 96 valence electrons. The summed E-state index contributed by atoms with van der Waals surface area (Å²) in [7, 11) is 0. The van der Waals surface area contributed by atoms with E-state index < -0.39 is 5.82 Å². The van der Waals surface area contributed by atoms with E-state index in [0.29, 0.717) is 16.0 Å². The van der Waals surface area contributed by atoms with Gasteiger partial charge in [-0.3, -0.25) is 4.79 Å². The molecule has 0 N–H and O–H groups in total. The molecule has 3 rings (SSSR count). The van der Waals surface area contributed by atoms with Crippen LogP contribution in [0.5, 0.6) is 0 Å². The van der Waals surface area contributed by atoms with Crippen molar-refractivity contribution in [1.82, 2.24) is 4.57 Å². The molecule has 1 aromatic carbocycles. The Bertz CT molecular complexity index is 788. The highest BCUT2D eigenvalue weighted by atomic mass is 35.5. The minimum absolute atomic E-state index is 0.127. The van der Waals surface area contributed by atoms with Gasteiger partial charge in [0.2, 0.25) is 0 Å². The Hall–Kier alpha value is -1.65. The van der Waals surface area contributed by atoms with Crippen LogP contribution in [0.25, 0.3) is 10.1 Å². The van der Waals surface area contributed by atoms with Crippen LogP contribution in [0.1, 0.15) is 5.56 Å². The molecule has 0 bridgehead atoms.